The number of amides is 1. The number of aliphatic carboxylic acids is 1. The van der Waals surface area contributed by atoms with Crippen LogP contribution in [0.5, 0.6) is 0 Å². The molecular weight excluding hydrogens is 273 g/mol. The van der Waals surface area contributed by atoms with Gasteiger partial charge in [-0.15, -0.1) is 0 Å². The van der Waals surface area contributed by atoms with Crippen LogP contribution >= 0.6 is 0 Å². The van der Waals surface area contributed by atoms with E-state index in [-0.39, 0.29) is 5.91 Å². The zero-order valence-electron chi connectivity index (χ0n) is 12.0. The van der Waals surface area contributed by atoms with Crippen LogP contribution in [0.25, 0.3) is 0 Å². The van der Waals surface area contributed by atoms with Gasteiger partial charge >= 0.3 is 0 Å². The Labute approximate surface area is 122 Å². The highest BCUT2D eigenvalue weighted by atomic mass is 19.1. The van der Waals surface area contributed by atoms with Crippen LogP contribution in [-0.4, -0.2) is 11.9 Å². The van der Waals surface area contributed by atoms with Crippen LogP contribution in [0.1, 0.15) is 26.7 Å². The third-order valence-electron chi connectivity index (χ3n) is 4.02. The van der Waals surface area contributed by atoms with E-state index in [9.17, 15) is 19.1 Å². The SMILES string of the molecule is CC1=C(C)C[C@H](C(=O)Nc2ccc(F)cc2)[C@@H](C(=O)[O-])C1. The lowest BCUT2D eigenvalue weighted by Gasteiger charge is -2.32. The first-order chi connectivity index (χ1) is 9.88. The molecule has 4 nitrogen and oxygen atoms in total. The zero-order valence-corrected chi connectivity index (χ0v) is 12.0. The number of carboxylic acid groups (broad SMARTS) is 1. The number of anilines is 1. The summed E-state index contributed by atoms with van der Waals surface area (Å²) in [5.41, 5.74) is 2.48. The van der Waals surface area contributed by atoms with Gasteiger partial charge in [-0.05, 0) is 51.0 Å². The van der Waals surface area contributed by atoms with E-state index >= 15 is 0 Å². The molecule has 1 aromatic carbocycles. The maximum atomic E-state index is 12.8. The van der Waals surface area contributed by atoms with E-state index in [1.807, 2.05) is 13.8 Å². The molecule has 21 heavy (non-hydrogen) atoms. The lowest BCUT2D eigenvalue weighted by atomic mass is 9.76. The van der Waals surface area contributed by atoms with E-state index in [1.54, 1.807) is 0 Å². The minimum atomic E-state index is -1.21. The summed E-state index contributed by atoms with van der Waals surface area (Å²) in [5.74, 6) is -3.46. The zero-order chi connectivity index (χ0) is 15.6. The number of hydrogen-bond acceptors (Lipinski definition) is 3. The third-order valence-corrected chi connectivity index (χ3v) is 4.02. The fraction of sp³-hybridized carbons (Fsp3) is 0.375. The Morgan fingerprint density at radius 1 is 1.10 bits per heavy atom. The molecule has 0 aromatic heterocycles. The van der Waals surface area contributed by atoms with Gasteiger partial charge in [0.15, 0.2) is 0 Å². The van der Waals surface area contributed by atoms with Crippen molar-refractivity contribution in [3.63, 3.8) is 0 Å². The maximum absolute atomic E-state index is 12.8. The molecule has 0 radical (unpaired) electrons. The molecule has 0 saturated heterocycles. The highest BCUT2D eigenvalue weighted by molar-refractivity contribution is 5.95. The van der Waals surface area contributed by atoms with Crippen molar-refractivity contribution in [2.75, 3.05) is 5.32 Å². The number of rotatable bonds is 3. The number of carbonyl (C=O) groups is 2. The second kappa shape index (κ2) is 6.08. The van der Waals surface area contributed by atoms with Crippen molar-refractivity contribution in [3.8, 4) is 0 Å². The number of nitrogens with one attached hydrogen (secondary N) is 1. The van der Waals surface area contributed by atoms with E-state index in [0.717, 1.165) is 11.1 Å². The van der Waals surface area contributed by atoms with E-state index in [2.05, 4.69) is 5.32 Å². The summed E-state index contributed by atoms with van der Waals surface area (Å²) in [5, 5.41) is 13.9. The molecule has 1 amide bonds. The lowest BCUT2D eigenvalue weighted by molar-refractivity contribution is -0.313. The molecule has 0 fully saturated rings. The smallest absolute Gasteiger partial charge is 0.228 e. The van der Waals surface area contributed by atoms with Gasteiger partial charge in [0, 0.05) is 17.6 Å². The topological polar surface area (TPSA) is 69.2 Å². The Morgan fingerprint density at radius 3 is 2.14 bits per heavy atom. The van der Waals surface area contributed by atoms with Gasteiger partial charge in [0.25, 0.3) is 0 Å². The van der Waals surface area contributed by atoms with E-state index < -0.39 is 23.6 Å². The average Bonchev–Trinajstić information content (AvgIpc) is 2.43. The summed E-state index contributed by atoms with van der Waals surface area (Å²) in [7, 11) is 0. The number of benzene rings is 1. The third kappa shape index (κ3) is 3.48. The largest absolute Gasteiger partial charge is 0.550 e. The fourth-order valence-electron chi connectivity index (χ4n) is 2.58. The predicted molar refractivity (Wildman–Crippen MR) is 74.6 cm³/mol. The molecule has 0 unspecified atom stereocenters. The quantitative estimate of drug-likeness (QED) is 0.864. The molecule has 2 atom stereocenters. The van der Waals surface area contributed by atoms with Gasteiger partial charge in [0.2, 0.25) is 5.91 Å². The number of carbonyl (C=O) groups excluding carboxylic acids is 2. The molecule has 1 aliphatic carbocycles. The lowest BCUT2D eigenvalue weighted by Crippen LogP contribution is -2.42. The number of halogens is 1. The van der Waals surface area contributed by atoms with Crippen molar-refractivity contribution < 1.29 is 19.1 Å². The molecule has 5 heteroatoms. The van der Waals surface area contributed by atoms with Crippen molar-refractivity contribution in [1.82, 2.24) is 0 Å². The predicted octanol–water partition coefficient (Wildman–Crippen LogP) is 1.88. The van der Waals surface area contributed by atoms with Crippen molar-refractivity contribution in [2.24, 2.45) is 11.8 Å². The Bertz CT molecular complexity index is 592. The first-order valence-electron chi connectivity index (χ1n) is 6.81. The minimum absolute atomic E-state index is 0.329. The number of allylic oxidation sites excluding steroid dienone is 2. The second-order valence-corrected chi connectivity index (χ2v) is 5.50. The molecule has 0 heterocycles. The second-order valence-electron chi connectivity index (χ2n) is 5.50. The van der Waals surface area contributed by atoms with Crippen molar-refractivity contribution in [2.45, 2.75) is 26.7 Å². The summed E-state index contributed by atoms with van der Waals surface area (Å²) in [6, 6.07) is 5.36. The van der Waals surface area contributed by atoms with E-state index in [4.69, 9.17) is 0 Å². The highest BCUT2D eigenvalue weighted by Crippen LogP contribution is 2.34. The number of hydrogen-bond donors (Lipinski definition) is 1. The Balaban J connectivity index is 2.16. The van der Waals surface area contributed by atoms with Crippen molar-refractivity contribution in [3.05, 3.63) is 41.2 Å². The van der Waals surface area contributed by atoms with Crippen LogP contribution in [0, 0.1) is 17.7 Å². The molecule has 0 spiro atoms. The molecule has 1 N–H and O–H groups in total. The van der Waals surface area contributed by atoms with Gasteiger partial charge < -0.3 is 15.2 Å². The number of carboxylic acids is 1. The first kappa shape index (κ1) is 15.2. The van der Waals surface area contributed by atoms with Gasteiger partial charge in [-0.2, -0.15) is 0 Å². The summed E-state index contributed by atoms with van der Waals surface area (Å²) in [4.78, 5) is 23.6. The molecule has 0 saturated carbocycles. The molecule has 1 aliphatic rings. The van der Waals surface area contributed by atoms with Crippen LogP contribution in [0.15, 0.2) is 35.4 Å². The van der Waals surface area contributed by atoms with Crippen LogP contribution in [0.4, 0.5) is 10.1 Å². The summed E-state index contributed by atoms with van der Waals surface area (Å²) in [6.45, 7) is 3.78. The van der Waals surface area contributed by atoms with E-state index in [0.29, 0.717) is 18.5 Å². The van der Waals surface area contributed by atoms with E-state index in [1.165, 1.54) is 24.3 Å². The van der Waals surface area contributed by atoms with Gasteiger partial charge in [0.1, 0.15) is 5.82 Å². The summed E-state index contributed by atoms with van der Waals surface area (Å²) >= 11 is 0. The molecular formula is C16H17FNO3-. The standard InChI is InChI=1S/C16H18FNO3/c1-9-7-13(14(16(20)21)8-10(9)2)15(19)18-12-5-3-11(17)4-6-12/h3-6,13-14H,7-8H2,1-2H3,(H,18,19)(H,20,21)/p-1/t13-,14-/m0/s1. The van der Waals surface area contributed by atoms with Gasteiger partial charge in [-0.1, -0.05) is 11.1 Å². The first-order valence-corrected chi connectivity index (χ1v) is 6.81. The van der Waals surface area contributed by atoms with Crippen LogP contribution in [0.2, 0.25) is 0 Å². The molecule has 2 rings (SSSR count). The highest BCUT2D eigenvalue weighted by Gasteiger charge is 2.33. The Hall–Kier alpha value is -2.17. The average molecular weight is 290 g/mol. The van der Waals surface area contributed by atoms with Crippen LogP contribution in [0.3, 0.4) is 0 Å². The van der Waals surface area contributed by atoms with Crippen LogP contribution < -0.4 is 10.4 Å². The Morgan fingerprint density at radius 2 is 1.62 bits per heavy atom. The normalized spacial score (nSPS) is 22.0. The van der Waals surface area contributed by atoms with Crippen molar-refractivity contribution in [1.29, 1.82) is 0 Å². The van der Waals surface area contributed by atoms with Gasteiger partial charge in [-0.3, -0.25) is 4.79 Å². The molecule has 0 bridgehead atoms. The Kier molecular flexibility index (Phi) is 4.40. The monoisotopic (exact) mass is 290 g/mol. The maximum Gasteiger partial charge on any atom is 0.228 e. The fourth-order valence-corrected chi connectivity index (χ4v) is 2.58. The minimum Gasteiger partial charge on any atom is -0.550 e. The molecule has 112 valence electrons. The molecule has 0 aliphatic heterocycles. The van der Waals surface area contributed by atoms with Crippen LogP contribution in [-0.2, 0) is 9.59 Å². The summed E-state index contributed by atoms with van der Waals surface area (Å²) in [6.07, 6.45) is 0.729. The van der Waals surface area contributed by atoms with Gasteiger partial charge in [-0.25, -0.2) is 4.39 Å². The van der Waals surface area contributed by atoms with Crippen molar-refractivity contribution >= 4 is 17.6 Å². The van der Waals surface area contributed by atoms with Gasteiger partial charge in [0.05, 0.1) is 5.92 Å². The molecule has 1 aromatic rings. The summed E-state index contributed by atoms with van der Waals surface area (Å²) < 4.78 is 12.8.